The fraction of sp³-hybridized carbons (Fsp3) is 0.286. The molecule has 20 heavy (non-hydrogen) atoms. The van der Waals surface area contributed by atoms with Gasteiger partial charge in [0.1, 0.15) is 4.88 Å². The van der Waals surface area contributed by atoms with Crippen molar-refractivity contribution in [1.29, 1.82) is 0 Å². The number of nitrogen functional groups attached to an aromatic ring is 1. The van der Waals surface area contributed by atoms with Crippen molar-refractivity contribution >= 4 is 23.0 Å². The van der Waals surface area contributed by atoms with Crippen LogP contribution in [0.3, 0.4) is 0 Å². The highest BCUT2D eigenvalue weighted by Crippen LogP contribution is 2.29. The Balaban J connectivity index is 2.38. The summed E-state index contributed by atoms with van der Waals surface area (Å²) < 4.78 is 0. The minimum Gasteiger partial charge on any atom is -0.477 e. The Morgan fingerprint density at radius 3 is 2.80 bits per heavy atom. The summed E-state index contributed by atoms with van der Waals surface area (Å²) in [6.07, 6.45) is 0.736. The number of hydrogen-bond acceptors (Lipinski definition) is 5. The smallest absolute Gasteiger partial charge is 0.348 e. The number of likely N-dealkylation sites (N-methyl/N-ethyl adjacent to an activating group) is 1. The van der Waals surface area contributed by atoms with E-state index in [1.807, 2.05) is 25.1 Å². The summed E-state index contributed by atoms with van der Waals surface area (Å²) in [5, 5.41) is 10.1. The summed E-state index contributed by atoms with van der Waals surface area (Å²) in [6, 6.07) is 7.14. The zero-order valence-electron chi connectivity index (χ0n) is 11.5. The van der Waals surface area contributed by atoms with E-state index >= 15 is 0 Å². The fourth-order valence-corrected chi connectivity index (χ4v) is 2.73. The van der Waals surface area contributed by atoms with Crippen LogP contribution in [0.15, 0.2) is 24.3 Å². The number of benzene rings is 1. The van der Waals surface area contributed by atoms with Gasteiger partial charge < -0.3 is 15.7 Å². The molecule has 5 nitrogen and oxygen atoms in total. The molecule has 106 valence electrons. The normalized spacial score (nSPS) is 10.9. The van der Waals surface area contributed by atoms with Gasteiger partial charge in [0.15, 0.2) is 0 Å². The number of anilines is 1. The van der Waals surface area contributed by atoms with Crippen molar-refractivity contribution in [3.05, 3.63) is 34.2 Å². The number of aromatic nitrogens is 1. The Labute approximate surface area is 121 Å². The van der Waals surface area contributed by atoms with Gasteiger partial charge in [-0.25, -0.2) is 9.78 Å². The van der Waals surface area contributed by atoms with E-state index in [4.69, 9.17) is 5.73 Å². The summed E-state index contributed by atoms with van der Waals surface area (Å²) >= 11 is 1.23. The van der Waals surface area contributed by atoms with Crippen LogP contribution in [0, 0.1) is 0 Å². The number of hydrogen-bond donors (Lipinski definition) is 2. The van der Waals surface area contributed by atoms with Gasteiger partial charge in [0.05, 0.1) is 10.7 Å². The second kappa shape index (κ2) is 6.02. The summed E-state index contributed by atoms with van der Waals surface area (Å²) in [5.74, 6) is -0.948. The lowest BCUT2D eigenvalue weighted by atomic mass is 10.1. The van der Waals surface area contributed by atoms with Crippen LogP contribution in [0.1, 0.15) is 14.7 Å². The molecule has 0 atom stereocenters. The van der Waals surface area contributed by atoms with Gasteiger partial charge in [-0.05, 0) is 26.2 Å². The second-order valence-electron chi connectivity index (χ2n) is 4.77. The van der Waals surface area contributed by atoms with Gasteiger partial charge in [0, 0.05) is 24.2 Å². The molecule has 6 heteroatoms. The standard InChI is InChI=1S/C14H17N3O2S/c1-17(2)7-6-11-16-12(13(20-11)14(18)19)9-4-3-5-10(15)8-9/h3-5,8H,6-7,15H2,1-2H3,(H,18,19). The molecule has 2 aromatic rings. The first kappa shape index (κ1) is 14.5. The lowest BCUT2D eigenvalue weighted by Crippen LogP contribution is -2.14. The van der Waals surface area contributed by atoms with Gasteiger partial charge >= 0.3 is 5.97 Å². The number of thiazole rings is 1. The third-order valence-electron chi connectivity index (χ3n) is 2.80. The van der Waals surface area contributed by atoms with E-state index in [-0.39, 0.29) is 4.88 Å². The quantitative estimate of drug-likeness (QED) is 0.826. The first-order chi connectivity index (χ1) is 9.47. The average molecular weight is 291 g/mol. The van der Waals surface area contributed by atoms with Crippen molar-refractivity contribution in [1.82, 2.24) is 9.88 Å². The molecule has 0 bridgehead atoms. The van der Waals surface area contributed by atoms with Crippen LogP contribution < -0.4 is 5.73 Å². The van der Waals surface area contributed by atoms with E-state index in [1.165, 1.54) is 11.3 Å². The summed E-state index contributed by atoms with van der Waals surface area (Å²) in [5.41, 5.74) is 7.60. The zero-order chi connectivity index (χ0) is 14.7. The number of rotatable bonds is 5. The molecule has 0 aliphatic rings. The highest BCUT2D eigenvalue weighted by atomic mass is 32.1. The van der Waals surface area contributed by atoms with Crippen molar-refractivity contribution < 1.29 is 9.90 Å². The van der Waals surface area contributed by atoms with Crippen LogP contribution >= 0.6 is 11.3 Å². The van der Waals surface area contributed by atoms with Crippen LogP contribution in [0.2, 0.25) is 0 Å². The molecule has 0 aliphatic heterocycles. The molecule has 0 unspecified atom stereocenters. The second-order valence-corrected chi connectivity index (χ2v) is 5.85. The van der Waals surface area contributed by atoms with E-state index in [2.05, 4.69) is 4.98 Å². The number of carbonyl (C=O) groups is 1. The maximum atomic E-state index is 11.4. The van der Waals surface area contributed by atoms with Crippen LogP contribution in [0.25, 0.3) is 11.3 Å². The Bertz CT molecular complexity index is 623. The Hall–Kier alpha value is -1.92. The van der Waals surface area contributed by atoms with Crippen LogP contribution in [-0.4, -0.2) is 41.6 Å². The Morgan fingerprint density at radius 2 is 2.20 bits per heavy atom. The minimum absolute atomic E-state index is 0.268. The highest BCUT2D eigenvalue weighted by molar-refractivity contribution is 7.14. The number of carboxylic acid groups (broad SMARTS) is 1. The van der Waals surface area contributed by atoms with Crippen LogP contribution in [-0.2, 0) is 6.42 Å². The maximum Gasteiger partial charge on any atom is 0.348 e. The van der Waals surface area contributed by atoms with Gasteiger partial charge in [0.2, 0.25) is 0 Å². The highest BCUT2D eigenvalue weighted by Gasteiger charge is 2.18. The van der Waals surface area contributed by atoms with Gasteiger partial charge in [-0.15, -0.1) is 11.3 Å². The lowest BCUT2D eigenvalue weighted by Gasteiger charge is -2.06. The lowest BCUT2D eigenvalue weighted by molar-refractivity contribution is 0.0702. The summed E-state index contributed by atoms with van der Waals surface area (Å²) in [7, 11) is 3.95. The average Bonchev–Trinajstić information content (AvgIpc) is 2.80. The molecule has 0 aliphatic carbocycles. The van der Waals surface area contributed by atoms with Crippen molar-refractivity contribution in [2.24, 2.45) is 0 Å². The van der Waals surface area contributed by atoms with Gasteiger partial charge in [0.25, 0.3) is 0 Å². The summed E-state index contributed by atoms with van der Waals surface area (Å²) in [6.45, 7) is 0.836. The van der Waals surface area contributed by atoms with E-state index in [1.54, 1.807) is 18.2 Å². The fourth-order valence-electron chi connectivity index (χ4n) is 1.82. The molecular weight excluding hydrogens is 274 g/mol. The number of carboxylic acids is 1. The van der Waals surface area contributed by atoms with Crippen LogP contribution in [0.4, 0.5) is 5.69 Å². The largest absolute Gasteiger partial charge is 0.477 e. The van der Waals surface area contributed by atoms with E-state index in [0.29, 0.717) is 11.4 Å². The van der Waals surface area contributed by atoms with Crippen molar-refractivity contribution in [2.45, 2.75) is 6.42 Å². The predicted octanol–water partition coefficient (Wildman–Crippen LogP) is 2.19. The molecular formula is C14H17N3O2S. The van der Waals surface area contributed by atoms with Crippen LogP contribution in [0.5, 0.6) is 0 Å². The van der Waals surface area contributed by atoms with E-state index < -0.39 is 5.97 Å². The molecule has 1 aromatic heterocycles. The summed E-state index contributed by atoms with van der Waals surface area (Å²) in [4.78, 5) is 18.1. The number of nitrogens with two attached hydrogens (primary N) is 1. The molecule has 1 aromatic carbocycles. The SMILES string of the molecule is CN(C)CCc1nc(-c2cccc(N)c2)c(C(=O)O)s1. The first-order valence-corrected chi connectivity index (χ1v) is 7.02. The van der Waals surface area contributed by atoms with Gasteiger partial charge in [-0.3, -0.25) is 0 Å². The minimum atomic E-state index is -0.948. The van der Waals surface area contributed by atoms with Gasteiger partial charge in [-0.2, -0.15) is 0 Å². The zero-order valence-corrected chi connectivity index (χ0v) is 12.3. The first-order valence-electron chi connectivity index (χ1n) is 6.21. The van der Waals surface area contributed by atoms with Crippen molar-refractivity contribution in [3.63, 3.8) is 0 Å². The Kier molecular flexibility index (Phi) is 4.36. The monoisotopic (exact) mass is 291 g/mol. The van der Waals surface area contributed by atoms with Crippen molar-refractivity contribution in [3.8, 4) is 11.3 Å². The topological polar surface area (TPSA) is 79.5 Å². The molecule has 0 radical (unpaired) electrons. The molecule has 0 fully saturated rings. The molecule has 0 amide bonds. The molecule has 0 saturated carbocycles. The molecule has 0 saturated heterocycles. The van der Waals surface area contributed by atoms with E-state index in [9.17, 15) is 9.90 Å². The molecule has 3 N–H and O–H groups in total. The van der Waals surface area contributed by atoms with Crippen molar-refractivity contribution in [2.75, 3.05) is 26.4 Å². The third-order valence-corrected chi connectivity index (χ3v) is 3.90. The van der Waals surface area contributed by atoms with E-state index in [0.717, 1.165) is 23.5 Å². The molecule has 0 spiro atoms. The molecule has 2 rings (SSSR count). The molecule has 1 heterocycles. The predicted molar refractivity (Wildman–Crippen MR) is 81.2 cm³/mol. The number of aromatic carboxylic acids is 1. The Morgan fingerprint density at radius 1 is 1.45 bits per heavy atom. The third kappa shape index (κ3) is 3.34. The maximum absolute atomic E-state index is 11.4. The number of nitrogens with zero attached hydrogens (tertiary/aromatic N) is 2. The van der Waals surface area contributed by atoms with Gasteiger partial charge in [-0.1, -0.05) is 12.1 Å².